The van der Waals surface area contributed by atoms with Crippen LogP contribution in [0.2, 0.25) is 0 Å². The molecule has 2 N–H and O–H groups in total. The summed E-state index contributed by atoms with van der Waals surface area (Å²) in [7, 11) is -4.05. The average Bonchev–Trinajstić information content (AvgIpc) is 2.74. The van der Waals surface area contributed by atoms with E-state index in [0.717, 1.165) is 11.6 Å². The first kappa shape index (κ1) is 21.9. The summed E-state index contributed by atoms with van der Waals surface area (Å²) in [5, 5.41) is 13.6. The summed E-state index contributed by atoms with van der Waals surface area (Å²) in [6.45, 7) is 1.76. The second-order valence-corrected chi connectivity index (χ2v) is 8.37. The lowest BCUT2D eigenvalue weighted by Gasteiger charge is -2.15. The van der Waals surface area contributed by atoms with Crippen molar-refractivity contribution < 1.29 is 22.5 Å². The van der Waals surface area contributed by atoms with Gasteiger partial charge in [-0.1, -0.05) is 18.2 Å². The van der Waals surface area contributed by atoms with Gasteiger partial charge in [0, 0.05) is 23.4 Å². The summed E-state index contributed by atoms with van der Waals surface area (Å²) in [6.07, 6.45) is 0. The van der Waals surface area contributed by atoms with Crippen molar-refractivity contribution in [3.63, 3.8) is 0 Å². The van der Waals surface area contributed by atoms with Crippen LogP contribution < -0.4 is 10.0 Å². The molecule has 160 valence electrons. The number of nitrogens with zero attached hydrogens (tertiary/aromatic N) is 1. The highest BCUT2D eigenvalue weighted by molar-refractivity contribution is 7.92. The van der Waals surface area contributed by atoms with E-state index in [-0.39, 0.29) is 34.0 Å². The molecule has 0 aliphatic heterocycles. The van der Waals surface area contributed by atoms with Gasteiger partial charge in [-0.25, -0.2) is 12.8 Å². The zero-order valence-electron chi connectivity index (χ0n) is 16.3. The molecule has 0 saturated carbocycles. The van der Waals surface area contributed by atoms with Gasteiger partial charge in [0.1, 0.15) is 5.82 Å². The fourth-order valence-electron chi connectivity index (χ4n) is 2.78. The summed E-state index contributed by atoms with van der Waals surface area (Å²) in [6, 6.07) is 15.8. The third kappa shape index (κ3) is 5.43. The van der Waals surface area contributed by atoms with Crippen LogP contribution in [0.15, 0.2) is 77.7 Å². The maximum Gasteiger partial charge on any atom is 0.270 e. The Balaban J connectivity index is 1.69. The van der Waals surface area contributed by atoms with E-state index in [9.17, 15) is 27.7 Å². The molecule has 3 rings (SSSR count). The SMILES string of the molecule is CC(NC(=O)c1ccc(NS(=O)(=O)c2cccc([N+](=O)[O-])c2)cc1)c1ccc(F)cc1. The van der Waals surface area contributed by atoms with Crippen molar-refractivity contribution in [2.45, 2.75) is 17.9 Å². The molecule has 0 aromatic heterocycles. The molecule has 0 bridgehead atoms. The zero-order valence-corrected chi connectivity index (χ0v) is 17.1. The highest BCUT2D eigenvalue weighted by Gasteiger charge is 2.18. The first-order valence-corrected chi connectivity index (χ1v) is 10.6. The number of non-ortho nitro benzene ring substituents is 1. The van der Waals surface area contributed by atoms with E-state index in [4.69, 9.17) is 0 Å². The minimum Gasteiger partial charge on any atom is -0.346 e. The first-order chi connectivity index (χ1) is 14.7. The zero-order chi connectivity index (χ0) is 22.6. The van der Waals surface area contributed by atoms with Gasteiger partial charge in [-0.05, 0) is 55.0 Å². The number of anilines is 1. The van der Waals surface area contributed by atoms with Crippen LogP contribution >= 0.6 is 0 Å². The fraction of sp³-hybridized carbons (Fsp3) is 0.0952. The molecule has 0 radical (unpaired) electrons. The summed E-state index contributed by atoms with van der Waals surface area (Å²) in [5.74, 6) is -0.754. The quantitative estimate of drug-likeness (QED) is 0.422. The van der Waals surface area contributed by atoms with Gasteiger partial charge in [0.25, 0.3) is 21.6 Å². The third-order valence-electron chi connectivity index (χ3n) is 4.46. The minimum atomic E-state index is -4.05. The van der Waals surface area contributed by atoms with Crippen LogP contribution in [-0.2, 0) is 10.0 Å². The second-order valence-electron chi connectivity index (χ2n) is 6.68. The van der Waals surface area contributed by atoms with Crippen molar-refractivity contribution >= 4 is 27.3 Å². The second kappa shape index (κ2) is 8.92. The highest BCUT2D eigenvalue weighted by atomic mass is 32.2. The topological polar surface area (TPSA) is 118 Å². The Kier molecular flexibility index (Phi) is 6.30. The highest BCUT2D eigenvalue weighted by Crippen LogP contribution is 2.21. The van der Waals surface area contributed by atoms with Crippen LogP contribution in [0.3, 0.4) is 0 Å². The van der Waals surface area contributed by atoms with Crippen molar-refractivity contribution in [3.8, 4) is 0 Å². The van der Waals surface area contributed by atoms with Gasteiger partial charge < -0.3 is 5.32 Å². The number of nitro groups is 1. The molecule has 1 atom stereocenters. The van der Waals surface area contributed by atoms with Gasteiger partial charge in [0.15, 0.2) is 0 Å². The predicted octanol–water partition coefficient (Wildman–Crippen LogP) is 4.03. The predicted molar refractivity (Wildman–Crippen MR) is 113 cm³/mol. The number of amides is 1. The number of nitrogens with one attached hydrogen (secondary N) is 2. The summed E-state index contributed by atoms with van der Waals surface area (Å²) in [5.41, 5.74) is 0.878. The Bertz CT molecular complexity index is 1210. The van der Waals surface area contributed by atoms with Crippen LogP contribution in [0, 0.1) is 15.9 Å². The molecule has 3 aromatic carbocycles. The first-order valence-electron chi connectivity index (χ1n) is 9.09. The number of nitro benzene ring substituents is 1. The van der Waals surface area contributed by atoms with Crippen molar-refractivity contribution in [1.82, 2.24) is 5.32 Å². The van der Waals surface area contributed by atoms with E-state index in [2.05, 4.69) is 10.0 Å². The number of rotatable bonds is 7. The van der Waals surface area contributed by atoms with Gasteiger partial charge in [-0.15, -0.1) is 0 Å². The minimum absolute atomic E-state index is 0.189. The van der Waals surface area contributed by atoms with E-state index in [1.165, 1.54) is 54.6 Å². The molecule has 0 spiro atoms. The number of sulfonamides is 1. The lowest BCUT2D eigenvalue weighted by molar-refractivity contribution is -0.385. The lowest BCUT2D eigenvalue weighted by Crippen LogP contribution is -2.26. The van der Waals surface area contributed by atoms with Crippen LogP contribution in [0.5, 0.6) is 0 Å². The van der Waals surface area contributed by atoms with E-state index >= 15 is 0 Å². The van der Waals surface area contributed by atoms with Gasteiger partial charge in [-0.2, -0.15) is 0 Å². The van der Waals surface area contributed by atoms with E-state index < -0.39 is 14.9 Å². The average molecular weight is 443 g/mol. The Morgan fingerprint density at radius 3 is 2.29 bits per heavy atom. The normalized spacial score (nSPS) is 12.1. The van der Waals surface area contributed by atoms with Gasteiger partial charge in [0.2, 0.25) is 0 Å². The molecule has 0 aliphatic carbocycles. The van der Waals surface area contributed by atoms with E-state index in [0.29, 0.717) is 5.56 Å². The monoisotopic (exact) mass is 443 g/mol. The van der Waals surface area contributed by atoms with Crippen molar-refractivity contribution in [1.29, 1.82) is 0 Å². The molecule has 0 saturated heterocycles. The van der Waals surface area contributed by atoms with E-state index in [1.807, 2.05) is 0 Å². The Morgan fingerprint density at radius 2 is 1.68 bits per heavy atom. The smallest absolute Gasteiger partial charge is 0.270 e. The van der Waals surface area contributed by atoms with Crippen LogP contribution in [-0.4, -0.2) is 19.2 Å². The summed E-state index contributed by atoms with van der Waals surface area (Å²) < 4.78 is 40.3. The maximum atomic E-state index is 13.0. The fourth-order valence-corrected chi connectivity index (χ4v) is 3.88. The Morgan fingerprint density at radius 1 is 1.03 bits per heavy atom. The molecular formula is C21H18FN3O5S. The molecular weight excluding hydrogens is 425 g/mol. The number of halogens is 1. The van der Waals surface area contributed by atoms with Crippen LogP contribution in [0.4, 0.5) is 15.8 Å². The molecule has 3 aromatic rings. The van der Waals surface area contributed by atoms with Crippen LogP contribution in [0.1, 0.15) is 28.9 Å². The van der Waals surface area contributed by atoms with Crippen molar-refractivity contribution in [3.05, 3.63) is 99.9 Å². The standard InChI is InChI=1S/C21H18FN3O5S/c1-14(15-5-9-17(22)10-6-15)23-21(26)16-7-11-18(12-8-16)24-31(29,30)20-4-2-3-19(13-20)25(27)28/h2-14,24H,1H3,(H,23,26). The Labute approximate surface area is 177 Å². The molecule has 1 amide bonds. The lowest BCUT2D eigenvalue weighted by atomic mass is 10.1. The number of hydrogen-bond acceptors (Lipinski definition) is 5. The van der Waals surface area contributed by atoms with Gasteiger partial charge >= 0.3 is 0 Å². The number of carbonyl (C=O) groups excluding carboxylic acids is 1. The molecule has 0 aliphatic rings. The number of benzene rings is 3. The molecule has 10 heteroatoms. The summed E-state index contributed by atoms with van der Waals surface area (Å²) >= 11 is 0. The molecule has 0 fully saturated rings. The number of hydrogen-bond donors (Lipinski definition) is 2. The van der Waals surface area contributed by atoms with Crippen molar-refractivity contribution in [2.75, 3.05) is 4.72 Å². The number of carbonyl (C=O) groups is 1. The molecule has 31 heavy (non-hydrogen) atoms. The Hall–Kier alpha value is -3.79. The summed E-state index contributed by atoms with van der Waals surface area (Å²) in [4.78, 5) is 22.4. The molecule has 0 heterocycles. The molecule has 8 nitrogen and oxygen atoms in total. The third-order valence-corrected chi connectivity index (χ3v) is 5.83. The van der Waals surface area contributed by atoms with Gasteiger partial charge in [-0.3, -0.25) is 19.6 Å². The van der Waals surface area contributed by atoms with Crippen LogP contribution in [0.25, 0.3) is 0 Å². The maximum absolute atomic E-state index is 13.0. The van der Waals surface area contributed by atoms with E-state index in [1.54, 1.807) is 19.1 Å². The van der Waals surface area contributed by atoms with Gasteiger partial charge in [0.05, 0.1) is 15.9 Å². The van der Waals surface area contributed by atoms with Crippen molar-refractivity contribution in [2.24, 2.45) is 0 Å². The largest absolute Gasteiger partial charge is 0.346 e. The molecule has 1 unspecified atom stereocenters.